The van der Waals surface area contributed by atoms with E-state index in [0.717, 1.165) is 0 Å². The predicted molar refractivity (Wildman–Crippen MR) is 48.3 cm³/mol. The van der Waals surface area contributed by atoms with Crippen LogP contribution in [0.5, 0.6) is 0 Å². The van der Waals surface area contributed by atoms with E-state index in [0.29, 0.717) is 0 Å². The van der Waals surface area contributed by atoms with Gasteiger partial charge < -0.3 is 15.7 Å². The summed E-state index contributed by atoms with van der Waals surface area (Å²) in [6.07, 6.45) is 0.351. The summed E-state index contributed by atoms with van der Waals surface area (Å²) in [5, 5.41) is 8.31. The minimum absolute atomic E-state index is 0.0455. The first kappa shape index (κ1) is 12.4. The fourth-order valence-corrected chi connectivity index (χ4v) is 0.904. The van der Waals surface area contributed by atoms with Gasteiger partial charge in [0, 0.05) is 19.9 Å². The molecular weight excluding hydrogens is 188 g/mol. The molecule has 2 amide bonds. The lowest BCUT2D eigenvalue weighted by molar-refractivity contribution is -0.137. The number of primary amides is 1. The van der Waals surface area contributed by atoms with Crippen LogP contribution < -0.4 is 5.73 Å². The zero-order chi connectivity index (χ0) is 11.1. The summed E-state index contributed by atoms with van der Waals surface area (Å²) in [5.41, 5.74) is 4.88. The number of nitrogens with two attached hydrogens (primary N) is 1. The van der Waals surface area contributed by atoms with Crippen molar-refractivity contribution in [2.24, 2.45) is 5.73 Å². The van der Waals surface area contributed by atoms with Crippen molar-refractivity contribution in [1.29, 1.82) is 0 Å². The molecule has 0 aliphatic carbocycles. The lowest BCUT2D eigenvalue weighted by Crippen LogP contribution is -2.35. The summed E-state index contributed by atoms with van der Waals surface area (Å²) in [7, 11) is 1.45. The van der Waals surface area contributed by atoms with E-state index in [2.05, 4.69) is 0 Å². The van der Waals surface area contributed by atoms with Crippen LogP contribution in [0.1, 0.15) is 19.3 Å². The van der Waals surface area contributed by atoms with Gasteiger partial charge in [0.05, 0.1) is 6.54 Å². The molecule has 0 saturated heterocycles. The quantitative estimate of drug-likeness (QED) is 0.587. The van der Waals surface area contributed by atoms with Crippen molar-refractivity contribution in [3.8, 4) is 0 Å². The number of hydrogen-bond donors (Lipinski definition) is 2. The second-order valence-corrected chi connectivity index (χ2v) is 2.96. The number of aliphatic carboxylic acids is 1. The number of carbonyl (C=O) groups excluding carboxylic acids is 2. The molecule has 3 N–H and O–H groups in total. The molecule has 0 aromatic heterocycles. The average Bonchev–Trinajstić information content (AvgIpc) is 2.01. The monoisotopic (exact) mass is 202 g/mol. The molecule has 0 radical (unpaired) electrons. The maximum Gasteiger partial charge on any atom is 0.303 e. The summed E-state index contributed by atoms with van der Waals surface area (Å²) in [5.74, 6) is -1.79. The highest BCUT2D eigenvalue weighted by atomic mass is 16.4. The SMILES string of the molecule is CN(CC(N)=O)C(=O)CCCC(=O)O. The van der Waals surface area contributed by atoms with E-state index >= 15 is 0 Å². The highest BCUT2D eigenvalue weighted by Gasteiger charge is 2.10. The Labute approximate surface area is 81.7 Å². The molecule has 14 heavy (non-hydrogen) atoms. The van der Waals surface area contributed by atoms with Gasteiger partial charge in [-0.2, -0.15) is 0 Å². The Morgan fingerprint density at radius 2 is 1.86 bits per heavy atom. The van der Waals surface area contributed by atoms with Gasteiger partial charge in [-0.1, -0.05) is 0 Å². The Kier molecular flexibility index (Phi) is 5.28. The predicted octanol–water partition coefficient (Wildman–Crippen LogP) is -0.815. The lowest BCUT2D eigenvalue weighted by atomic mass is 10.2. The molecule has 0 fully saturated rings. The molecule has 0 aromatic rings. The first-order chi connectivity index (χ1) is 6.43. The number of carbonyl (C=O) groups is 3. The molecule has 0 saturated carbocycles. The van der Waals surface area contributed by atoms with Gasteiger partial charge in [-0.15, -0.1) is 0 Å². The van der Waals surface area contributed by atoms with Crippen LogP contribution in [0.2, 0.25) is 0 Å². The Morgan fingerprint density at radius 1 is 1.29 bits per heavy atom. The van der Waals surface area contributed by atoms with E-state index in [4.69, 9.17) is 10.8 Å². The molecule has 0 aliphatic heterocycles. The van der Waals surface area contributed by atoms with Crippen LogP contribution in [0.4, 0.5) is 0 Å². The fraction of sp³-hybridized carbons (Fsp3) is 0.625. The Balaban J connectivity index is 3.73. The van der Waals surface area contributed by atoms with E-state index in [1.165, 1.54) is 11.9 Å². The van der Waals surface area contributed by atoms with E-state index in [-0.39, 0.29) is 31.7 Å². The van der Waals surface area contributed by atoms with E-state index < -0.39 is 11.9 Å². The molecule has 6 nitrogen and oxygen atoms in total. The normalized spacial score (nSPS) is 9.50. The zero-order valence-corrected chi connectivity index (χ0v) is 8.02. The van der Waals surface area contributed by atoms with Gasteiger partial charge >= 0.3 is 5.97 Å². The van der Waals surface area contributed by atoms with Crippen LogP contribution in [0.25, 0.3) is 0 Å². The van der Waals surface area contributed by atoms with Crippen LogP contribution in [-0.2, 0) is 14.4 Å². The summed E-state index contributed by atoms with van der Waals surface area (Å²) in [4.78, 5) is 32.9. The van der Waals surface area contributed by atoms with E-state index in [9.17, 15) is 14.4 Å². The molecule has 0 rings (SSSR count). The van der Waals surface area contributed by atoms with Crippen LogP contribution in [-0.4, -0.2) is 41.4 Å². The second-order valence-electron chi connectivity index (χ2n) is 2.96. The lowest BCUT2D eigenvalue weighted by Gasteiger charge is -2.14. The third-order valence-corrected chi connectivity index (χ3v) is 1.60. The average molecular weight is 202 g/mol. The molecule has 0 aliphatic rings. The number of carboxylic acid groups (broad SMARTS) is 1. The van der Waals surface area contributed by atoms with E-state index in [1.807, 2.05) is 0 Å². The van der Waals surface area contributed by atoms with Gasteiger partial charge in [-0.3, -0.25) is 14.4 Å². The number of amides is 2. The van der Waals surface area contributed by atoms with Gasteiger partial charge in [-0.25, -0.2) is 0 Å². The Hall–Kier alpha value is -1.59. The van der Waals surface area contributed by atoms with Gasteiger partial charge in [-0.05, 0) is 6.42 Å². The van der Waals surface area contributed by atoms with Crippen LogP contribution in [0, 0.1) is 0 Å². The smallest absolute Gasteiger partial charge is 0.303 e. The first-order valence-corrected chi connectivity index (χ1v) is 4.17. The molecule has 80 valence electrons. The summed E-state index contributed by atoms with van der Waals surface area (Å²) in [6.45, 7) is -0.133. The molecule has 6 heteroatoms. The van der Waals surface area contributed by atoms with Crippen molar-refractivity contribution < 1.29 is 19.5 Å². The first-order valence-electron chi connectivity index (χ1n) is 4.17. The maximum absolute atomic E-state index is 11.2. The number of hydrogen-bond acceptors (Lipinski definition) is 3. The standard InChI is InChI=1S/C8H14N2O4/c1-10(5-6(9)11)7(12)3-2-4-8(13)14/h2-5H2,1H3,(H2,9,11)(H,13,14). The van der Waals surface area contributed by atoms with Crippen molar-refractivity contribution >= 4 is 17.8 Å². The zero-order valence-electron chi connectivity index (χ0n) is 8.02. The van der Waals surface area contributed by atoms with E-state index in [1.54, 1.807) is 0 Å². The van der Waals surface area contributed by atoms with Crippen LogP contribution in [0.3, 0.4) is 0 Å². The van der Waals surface area contributed by atoms with Crippen molar-refractivity contribution in [3.05, 3.63) is 0 Å². The van der Waals surface area contributed by atoms with Gasteiger partial charge in [0.2, 0.25) is 11.8 Å². The molecule has 0 atom stereocenters. The van der Waals surface area contributed by atoms with Gasteiger partial charge in [0.15, 0.2) is 0 Å². The molecule has 0 heterocycles. The summed E-state index contributed by atoms with van der Waals surface area (Å²) >= 11 is 0. The highest BCUT2D eigenvalue weighted by molar-refractivity contribution is 5.83. The summed E-state index contributed by atoms with van der Waals surface area (Å²) < 4.78 is 0. The molecule has 0 unspecified atom stereocenters. The maximum atomic E-state index is 11.2. The summed E-state index contributed by atoms with van der Waals surface area (Å²) in [6, 6.07) is 0. The van der Waals surface area contributed by atoms with Crippen LogP contribution >= 0.6 is 0 Å². The third-order valence-electron chi connectivity index (χ3n) is 1.60. The highest BCUT2D eigenvalue weighted by Crippen LogP contribution is 1.99. The number of nitrogens with zero attached hydrogens (tertiary/aromatic N) is 1. The van der Waals surface area contributed by atoms with Crippen molar-refractivity contribution in [2.45, 2.75) is 19.3 Å². The largest absolute Gasteiger partial charge is 0.481 e. The molecule has 0 aromatic carbocycles. The third kappa shape index (κ3) is 5.99. The van der Waals surface area contributed by atoms with Crippen molar-refractivity contribution in [2.75, 3.05) is 13.6 Å². The minimum Gasteiger partial charge on any atom is -0.481 e. The Morgan fingerprint density at radius 3 is 2.29 bits per heavy atom. The fourth-order valence-electron chi connectivity index (χ4n) is 0.904. The number of carboxylic acids is 1. The van der Waals surface area contributed by atoms with Crippen molar-refractivity contribution in [3.63, 3.8) is 0 Å². The molecule has 0 bridgehead atoms. The molecular formula is C8H14N2O4. The Bertz CT molecular complexity index is 239. The van der Waals surface area contributed by atoms with Crippen LogP contribution in [0.15, 0.2) is 0 Å². The number of rotatable bonds is 6. The molecule has 0 spiro atoms. The topological polar surface area (TPSA) is 101 Å². The van der Waals surface area contributed by atoms with Gasteiger partial charge in [0.1, 0.15) is 0 Å². The van der Waals surface area contributed by atoms with Gasteiger partial charge in [0.25, 0.3) is 0 Å². The minimum atomic E-state index is -0.935. The van der Waals surface area contributed by atoms with Crippen molar-refractivity contribution in [1.82, 2.24) is 4.90 Å². The second kappa shape index (κ2) is 5.95. The number of likely N-dealkylation sites (N-methyl/N-ethyl adjacent to an activating group) is 1.